The van der Waals surface area contributed by atoms with Gasteiger partial charge in [0, 0.05) is 5.56 Å². The zero-order valence-electron chi connectivity index (χ0n) is 10.9. The van der Waals surface area contributed by atoms with Crippen LogP contribution in [0, 0.1) is 0 Å². The molecule has 1 atom stereocenters. The monoisotopic (exact) mass is 317 g/mol. The molecule has 21 heavy (non-hydrogen) atoms. The number of hydrogen-bond donors (Lipinski definition) is 0. The zero-order valence-corrected chi connectivity index (χ0v) is 10.9. The van der Waals surface area contributed by atoms with Crippen molar-refractivity contribution in [2.75, 3.05) is 0 Å². The average molecular weight is 317 g/mol. The Bertz CT molecular complexity index is 482. The molecule has 0 aliphatic heterocycles. The topological polar surface area (TPSA) is 19.9 Å². The summed E-state index contributed by atoms with van der Waals surface area (Å²) < 4.78 is 90.0. The fourth-order valence-electron chi connectivity index (χ4n) is 1.83. The van der Waals surface area contributed by atoms with Crippen molar-refractivity contribution in [1.29, 1.82) is 0 Å². The minimum Gasteiger partial charge on any atom is -0.228 e. The number of benzene rings is 1. The fourth-order valence-corrected chi connectivity index (χ4v) is 1.83. The standard InChI is InChI=1S/C13H12F7O/c1-2-5-10(21)8-6-3-4-7-9(8)11(14,15)12(16,17)13(18,19)20/h3-4,6-7,10H,2,5H2,1H3. The normalized spacial score (nSPS) is 15.1. The van der Waals surface area contributed by atoms with Crippen LogP contribution in [0.1, 0.15) is 37.0 Å². The maximum Gasteiger partial charge on any atom is 0.460 e. The lowest BCUT2D eigenvalue weighted by Crippen LogP contribution is -2.50. The van der Waals surface area contributed by atoms with E-state index in [9.17, 15) is 35.8 Å². The molecule has 0 amide bonds. The second-order valence-corrected chi connectivity index (χ2v) is 4.51. The molecule has 0 saturated heterocycles. The van der Waals surface area contributed by atoms with E-state index in [0.29, 0.717) is 6.07 Å². The molecule has 1 radical (unpaired) electrons. The van der Waals surface area contributed by atoms with E-state index in [1.165, 1.54) is 0 Å². The summed E-state index contributed by atoms with van der Waals surface area (Å²) in [6, 6.07) is 3.30. The first-order valence-electron chi connectivity index (χ1n) is 6.04. The number of rotatable bonds is 5. The number of alkyl halides is 7. The van der Waals surface area contributed by atoms with E-state index in [2.05, 4.69) is 0 Å². The maximum atomic E-state index is 13.7. The third kappa shape index (κ3) is 3.14. The van der Waals surface area contributed by atoms with Crippen molar-refractivity contribution >= 4 is 0 Å². The first kappa shape index (κ1) is 17.7. The van der Waals surface area contributed by atoms with Crippen LogP contribution in [-0.4, -0.2) is 12.1 Å². The van der Waals surface area contributed by atoms with Crippen LogP contribution in [0.25, 0.3) is 0 Å². The molecule has 0 fully saturated rings. The van der Waals surface area contributed by atoms with Crippen LogP contribution < -0.4 is 0 Å². The van der Waals surface area contributed by atoms with Crippen LogP contribution in [0.5, 0.6) is 0 Å². The van der Waals surface area contributed by atoms with E-state index in [1.807, 2.05) is 0 Å². The number of halogens is 7. The molecule has 0 aliphatic carbocycles. The minimum atomic E-state index is -6.42. The quantitative estimate of drug-likeness (QED) is 0.661. The van der Waals surface area contributed by atoms with Crippen molar-refractivity contribution in [1.82, 2.24) is 0 Å². The van der Waals surface area contributed by atoms with Crippen molar-refractivity contribution in [3.8, 4) is 0 Å². The van der Waals surface area contributed by atoms with Gasteiger partial charge in [0.15, 0.2) is 0 Å². The molecule has 0 aromatic heterocycles. The molecule has 0 spiro atoms. The van der Waals surface area contributed by atoms with Gasteiger partial charge >= 0.3 is 18.0 Å². The van der Waals surface area contributed by atoms with Crippen LogP contribution in [0.2, 0.25) is 0 Å². The molecular weight excluding hydrogens is 305 g/mol. The fraction of sp³-hybridized carbons (Fsp3) is 0.538. The predicted octanol–water partition coefficient (Wildman–Crippen LogP) is 5.25. The molecule has 1 aromatic carbocycles. The molecule has 0 saturated carbocycles. The van der Waals surface area contributed by atoms with Gasteiger partial charge in [0.1, 0.15) is 6.10 Å². The first-order chi connectivity index (χ1) is 9.46. The third-order valence-electron chi connectivity index (χ3n) is 2.95. The van der Waals surface area contributed by atoms with Crippen LogP contribution in [0.15, 0.2) is 24.3 Å². The van der Waals surface area contributed by atoms with E-state index in [-0.39, 0.29) is 12.8 Å². The van der Waals surface area contributed by atoms with Crippen molar-refractivity contribution in [3.63, 3.8) is 0 Å². The Labute approximate surface area is 116 Å². The van der Waals surface area contributed by atoms with Gasteiger partial charge in [-0.2, -0.15) is 30.7 Å². The molecule has 119 valence electrons. The molecule has 8 heteroatoms. The highest BCUT2D eigenvalue weighted by atomic mass is 19.4. The summed E-state index contributed by atoms with van der Waals surface area (Å²) in [5, 5.41) is 11.7. The summed E-state index contributed by atoms with van der Waals surface area (Å²) in [5.41, 5.74) is -2.32. The van der Waals surface area contributed by atoms with E-state index in [4.69, 9.17) is 0 Å². The highest BCUT2D eigenvalue weighted by Gasteiger charge is 2.73. The Balaban J connectivity index is 3.39. The molecule has 0 N–H and O–H groups in total. The number of hydrogen-bond acceptors (Lipinski definition) is 0. The van der Waals surface area contributed by atoms with Gasteiger partial charge in [-0.25, -0.2) is 5.11 Å². The van der Waals surface area contributed by atoms with E-state index in [1.54, 1.807) is 6.92 Å². The van der Waals surface area contributed by atoms with Crippen LogP contribution in [0.3, 0.4) is 0 Å². The van der Waals surface area contributed by atoms with Gasteiger partial charge in [-0.3, -0.25) is 0 Å². The Morgan fingerprint density at radius 2 is 1.52 bits per heavy atom. The molecule has 0 heterocycles. The summed E-state index contributed by atoms with van der Waals surface area (Å²) >= 11 is 0. The Morgan fingerprint density at radius 3 is 2.00 bits per heavy atom. The Morgan fingerprint density at radius 1 is 1.00 bits per heavy atom. The predicted molar refractivity (Wildman–Crippen MR) is 59.7 cm³/mol. The molecule has 1 unspecified atom stereocenters. The SMILES string of the molecule is CCCC([O])c1ccccc1C(F)(F)C(F)(F)C(F)(F)F. The molecule has 1 nitrogen and oxygen atoms in total. The van der Waals surface area contributed by atoms with E-state index in [0.717, 1.165) is 18.2 Å². The Kier molecular flexibility index (Phi) is 4.92. The summed E-state index contributed by atoms with van der Waals surface area (Å²) in [6.45, 7) is 1.57. The molecule has 1 rings (SSSR count). The van der Waals surface area contributed by atoms with Gasteiger partial charge in [-0.15, -0.1) is 0 Å². The molecule has 0 aliphatic rings. The van der Waals surface area contributed by atoms with Gasteiger partial charge < -0.3 is 0 Å². The lowest BCUT2D eigenvalue weighted by Gasteiger charge is -2.30. The first-order valence-corrected chi connectivity index (χ1v) is 6.04. The smallest absolute Gasteiger partial charge is 0.228 e. The lowest BCUT2D eigenvalue weighted by atomic mass is 9.92. The largest absolute Gasteiger partial charge is 0.460 e. The minimum absolute atomic E-state index is 0.148. The summed E-state index contributed by atoms with van der Waals surface area (Å²) in [4.78, 5) is 0. The van der Waals surface area contributed by atoms with Crippen LogP contribution >= 0.6 is 0 Å². The van der Waals surface area contributed by atoms with Crippen molar-refractivity contribution in [2.24, 2.45) is 0 Å². The van der Waals surface area contributed by atoms with Crippen molar-refractivity contribution in [3.05, 3.63) is 35.4 Å². The van der Waals surface area contributed by atoms with Crippen molar-refractivity contribution in [2.45, 2.75) is 43.9 Å². The molecule has 1 aromatic rings. The molecular formula is C13H12F7O. The van der Waals surface area contributed by atoms with Gasteiger partial charge in [-0.05, 0) is 12.0 Å². The van der Waals surface area contributed by atoms with Crippen LogP contribution in [0.4, 0.5) is 30.7 Å². The van der Waals surface area contributed by atoms with E-state index < -0.39 is 35.3 Å². The van der Waals surface area contributed by atoms with Gasteiger partial charge in [0.25, 0.3) is 0 Å². The second kappa shape index (κ2) is 5.82. The van der Waals surface area contributed by atoms with Gasteiger partial charge in [0.05, 0.1) is 0 Å². The maximum absolute atomic E-state index is 13.7. The second-order valence-electron chi connectivity index (χ2n) is 4.51. The van der Waals surface area contributed by atoms with E-state index >= 15 is 0 Å². The zero-order chi connectivity index (χ0) is 16.5. The Hall–Kier alpha value is -1.31. The van der Waals surface area contributed by atoms with Gasteiger partial charge in [-0.1, -0.05) is 37.6 Å². The van der Waals surface area contributed by atoms with Crippen LogP contribution in [-0.2, 0) is 11.0 Å². The highest BCUT2D eigenvalue weighted by molar-refractivity contribution is 5.34. The van der Waals surface area contributed by atoms with Crippen molar-refractivity contribution < 1.29 is 35.8 Å². The highest BCUT2D eigenvalue weighted by Crippen LogP contribution is 2.53. The average Bonchev–Trinajstić information content (AvgIpc) is 2.37. The summed E-state index contributed by atoms with van der Waals surface area (Å²) in [7, 11) is 0. The summed E-state index contributed by atoms with van der Waals surface area (Å²) in [5.74, 6) is -11.8. The third-order valence-corrected chi connectivity index (χ3v) is 2.95. The summed E-state index contributed by atoms with van der Waals surface area (Å²) in [6.07, 6.45) is -8.08. The van der Waals surface area contributed by atoms with Gasteiger partial charge in [0.2, 0.25) is 0 Å². The molecule has 0 bridgehead atoms. The lowest BCUT2D eigenvalue weighted by molar-refractivity contribution is -0.359.